The minimum atomic E-state index is 0.0212. The van der Waals surface area contributed by atoms with E-state index in [1.807, 2.05) is 0 Å². The molecule has 0 saturated heterocycles. The number of hydrogen-bond acceptors (Lipinski definition) is 3. The van der Waals surface area contributed by atoms with Gasteiger partial charge in [0.15, 0.2) is 0 Å². The van der Waals surface area contributed by atoms with Gasteiger partial charge in [0.05, 0.1) is 6.54 Å². The fourth-order valence-corrected chi connectivity index (χ4v) is 1.86. The Morgan fingerprint density at radius 1 is 1.54 bits per heavy atom. The Balaban J connectivity index is 2.30. The van der Waals surface area contributed by atoms with Gasteiger partial charge < -0.3 is 15.7 Å². The molecule has 0 aromatic rings. The van der Waals surface area contributed by atoms with E-state index in [1.165, 1.54) is 0 Å². The van der Waals surface area contributed by atoms with Crippen molar-refractivity contribution >= 4 is 5.91 Å². The summed E-state index contributed by atoms with van der Waals surface area (Å²) in [7, 11) is 1.75. The van der Waals surface area contributed by atoms with E-state index in [0.717, 1.165) is 19.3 Å². The first-order chi connectivity index (χ1) is 6.27. The van der Waals surface area contributed by atoms with E-state index < -0.39 is 0 Å². The van der Waals surface area contributed by atoms with Gasteiger partial charge in [0.25, 0.3) is 0 Å². The Morgan fingerprint density at radius 3 is 2.92 bits per heavy atom. The summed E-state index contributed by atoms with van der Waals surface area (Å²) in [6.07, 6.45) is 3.14. The van der Waals surface area contributed by atoms with Crippen LogP contribution in [0.4, 0.5) is 0 Å². The monoisotopic (exact) mass is 186 g/mol. The maximum atomic E-state index is 11.2. The van der Waals surface area contributed by atoms with Gasteiger partial charge in [-0.1, -0.05) is 6.42 Å². The SMILES string of the molecule is CNCC(=O)NC1CCCC1CO. The lowest BCUT2D eigenvalue weighted by Gasteiger charge is -2.18. The second-order valence-corrected chi connectivity index (χ2v) is 3.58. The Kier molecular flexibility index (Phi) is 4.18. The maximum Gasteiger partial charge on any atom is 0.234 e. The molecule has 0 aromatic carbocycles. The van der Waals surface area contributed by atoms with Gasteiger partial charge in [0, 0.05) is 18.6 Å². The summed E-state index contributed by atoms with van der Waals surface area (Å²) in [5.74, 6) is 0.286. The Bertz CT molecular complexity index is 173. The van der Waals surface area contributed by atoms with Gasteiger partial charge in [-0.05, 0) is 19.9 Å². The summed E-state index contributed by atoms with van der Waals surface area (Å²) in [6.45, 7) is 0.541. The van der Waals surface area contributed by atoms with Crippen molar-refractivity contribution < 1.29 is 9.90 Å². The fourth-order valence-electron chi connectivity index (χ4n) is 1.86. The molecule has 0 bridgehead atoms. The number of likely N-dealkylation sites (N-methyl/N-ethyl adjacent to an activating group) is 1. The quantitative estimate of drug-likeness (QED) is 0.554. The number of hydrogen-bond donors (Lipinski definition) is 3. The number of aliphatic hydroxyl groups excluding tert-OH is 1. The molecule has 0 aromatic heterocycles. The van der Waals surface area contributed by atoms with Gasteiger partial charge in [-0.3, -0.25) is 4.79 Å². The van der Waals surface area contributed by atoms with Crippen molar-refractivity contribution in [3.05, 3.63) is 0 Å². The van der Waals surface area contributed by atoms with Crippen LogP contribution in [0.15, 0.2) is 0 Å². The summed E-state index contributed by atoms with van der Waals surface area (Å²) in [6, 6.07) is 0.186. The molecule has 1 fully saturated rings. The van der Waals surface area contributed by atoms with Crippen LogP contribution in [0.3, 0.4) is 0 Å². The van der Waals surface area contributed by atoms with Crippen molar-refractivity contribution in [1.82, 2.24) is 10.6 Å². The number of amides is 1. The topological polar surface area (TPSA) is 61.4 Å². The molecular weight excluding hydrogens is 168 g/mol. The van der Waals surface area contributed by atoms with Crippen molar-refractivity contribution in [2.45, 2.75) is 25.3 Å². The summed E-state index contributed by atoms with van der Waals surface area (Å²) in [5, 5.41) is 14.7. The normalized spacial score (nSPS) is 27.5. The highest BCUT2D eigenvalue weighted by Crippen LogP contribution is 2.24. The molecule has 2 unspecified atom stereocenters. The predicted molar refractivity (Wildman–Crippen MR) is 50.3 cm³/mol. The van der Waals surface area contributed by atoms with Crippen molar-refractivity contribution in [1.29, 1.82) is 0 Å². The molecule has 4 heteroatoms. The number of carbonyl (C=O) groups excluding carboxylic acids is 1. The van der Waals surface area contributed by atoms with E-state index in [2.05, 4.69) is 10.6 Å². The van der Waals surface area contributed by atoms with Crippen LogP contribution in [0.1, 0.15) is 19.3 Å². The van der Waals surface area contributed by atoms with E-state index in [0.29, 0.717) is 6.54 Å². The lowest BCUT2D eigenvalue weighted by atomic mass is 10.1. The van der Waals surface area contributed by atoms with Gasteiger partial charge in [0.1, 0.15) is 0 Å². The average molecular weight is 186 g/mol. The summed E-state index contributed by atoms with van der Waals surface area (Å²) >= 11 is 0. The maximum absolute atomic E-state index is 11.2. The number of aliphatic hydroxyl groups is 1. The van der Waals surface area contributed by atoms with E-state index in [1.54, 1.807) is 7.05 Å². The number of nitrogens with one attached hydrogen (secondary N) is 2. The lowest BCUT2D eigenvalue weighted by Crippen LogP contribution is -2.42. The van der Waals surface area contributed by atoms with Gasteiger partial charge >= 0.3 is 0 Å². The Hall–Kier alpha value is -0.610. The highest BCUT2D eigenvalue weighted by molar-refractivity contribution is 5.78. The minimum absolute atomic E-state index is 0.0212. The lowest BCUT2D eigenvalue weighted by molar-refractivity contribution is -0.121. The van der Waals surface area contributed by atoms with Crippen LogP contribution in [-0.2, 0) is 4.79 Å². The van der Waals surface area contributed by atoms with Crippen LogP contribution in [0.2, 0.25) is 0 Å². The van der Waals surface area contributed by atoms with Crippen molar-refractivity contribution in [3.63, 3.8) is 0 Å². The highest BCUT2D eigenvalue weighted by Gasteiger charge is 2.27. The van der Waals surface area contributed by atoms with Gasteiger partial charge in [0.2, 0.25) is 5.91 Å². The molecule has 3 N–H and O–H groups in total. The van der Waals surface area contributed by atoms with Crippen LogP contribution in [-0.4, -0.2) is 37.3 Å². The smallest absolute Gasteiger partial charge is 0.234 e. The standard InChI is InChI=1S/C9H18N2O2/c1-10-5-9(13)11-8-4-2-3-7(8)6-12/h7-8,10,12H,2-6H2,1H3,(H,11,13). The van der Waals surface area contributed by atoms with Crippen molar-refractivity contribution in [2.24, 2.45) is 5.92 Å². The van der Waals surface area contributed by atoms with Gasteiger partial charge in [-0.2, -0.15) is 0 Å². The van der Waals surface area contributed by atoms with Crippen molar-refractivity contribution in [3.8, 4) is 0 Å². The molecule has 1 rings (SSSR count). The first-order valence-electron chi connectivity index (χ1n) is 4.82. The second-order valence-electron chi connectivity index (χ2n) is 3.58. The average Bonchev–Trinajstić information content (AvgIpc) is 2.52. The molecule has 0 aliphatic heterocycles. The number of carbonyl (C=O) groups is 1. The van der Waals surface area contributed by atoms with Crippen LogP contribution >= 0.6 is 0 Å². The first kappa shape index (κ1) is 10.5. The molecule has 1 aliphatic rings. The molecule has 1 aliphatic carbocycles. The zero-order valence-electron chi connectivity index (χ0n) is 8.05. The van der Waals surface area contributed by atoms with Crippen molar-refractivity contribution in [2.75, 3.05) is 20.2 Å². The van der Waals surface area contributed by atoms with Crippen LogP contribution < -0.4 is 10.6 Å². The Morgan fingerprint density at radius 2 is 2.31 bits per heavy atom. The molecule has 0 radical (unpaired) electrons. The third kappa shape index (κ3) is 2.97. The molecule has 13 heavy (non-hydrogen) atoms. The molecule has 76 valence electrons. The fraction of sp³-hybridized carbons (Fsp3) is 0.889. The predicted octanol–water partition coefficient (Wildman–Crippen LogP) is -0.517. The Labute approximate surface area is 78.7 Å². The van der Waals surface area contributed by atoms with Gasteiger partial charge in [-0.15, -0.1) is 0 Å². The zero-order valence-corrected chi connectivity index (χ0v) is 8.05. The molecular formula is C9H18N2O2. The van der Waals surface area contributed by atoms with Crippen LogP contribution in [0.25, 0.3) is 0 Å². The van der Waals surface area contributed by atoms with E-state index in [4.69, 9.17) is 5.11 Å². The van der Waals surface area contributed by atoms with E-state index in [9.17, 15) is 4.79 Å². The molecule has 0 spiro atoms. The van der Waals surface area contributed by atoms with Crippen LogP contribution in [0, 0.1) is 5.92 Å². The molecule has 0 heterocycles. The van der Waals surface area contributed by atoms with Gasteiger partial charge in [-0.25, -0.2) is 0 Å². The summed E-state index contributed by atoms with van der Waals surface area (Å²) < 4.78 is 0. The largest absolute Gasteiger partial charge is 0.396 e. The van der Waals surface area contributed by atoms with E-state index in [-0.39, 0.29) is 24.5 Å². The highest BCUT2D eigenvalue weighted by atomic mass is 16.3. The summed E-state index contributed by atoms with van der Waals surface area (Å²) in [4.78, 5) is 11.2. The molecule has 1 saturated carbocycles. The molecule has 2 atom stereocenters. The third-order valence-corrected chi connectivity index (χ3v) is 2.58. The summed E-state index contributed by atoms with van der Waals surface area (Å²) in [5.41, 5.74) is 0. The third-order valence-electron chi connectivity index (χ3n) is 2.58. The first-order valence-corrected chi connectivity index (χ1v) is 4.82. The second kappa shape index (κ2) is 5.19. The zero-order chi connectivity index (χ0) is 9.68. The van der Waals surface area contributed by atoms with Crippen LogP contribution in [0.5, 0.6) is 0 Å². The minimum Gasteiger partial charge on any atom is -0.396 e. The van der Waals surface area contributed by atoms with E-state index >= 15 is 0 Å². The molecule has 4 nitrogen and oxygen atoms in total. The number of rotatable bonds is 4. The molecule has 1 amide bonds.